The minimum absolute atomic E-state index is 0.213. The van der Waals surface area contributed by atoms with Crippen molar-refractivity contribution < 1.29 is 0 Å². The lowest BCUT2D eigenvalue weighted by atomic mass is 9.92. The first kappa shape index (κ1) is 12.3. The predicted molar refractivity (Wildman–Crippen MR) is 67.1 cm³/mol. The van der Waals surface area contributed by atoms with Crippen molar-refractivity contribution in [1.82, 2.24) is 0 Å². The Bertz CT molecular complexity index is 305. The van der Waals surface area contributed by atoms with Crippen LogP contribution in [0.2, 0.25) is 0 Å². The largest absolute Gasteiger partial charge is 0.324 e. The summed E-state index contributed by atoms with van der Waals surface area (Å²) in [4.78, 5) is 0. The summed E-state index contributed by atoms with van der Waals surface area (Å²) < 4.78 is 0. The standard InChI is InChI=1S/C14H23N/c1-5-6-7-13(15)14-11(3)8-10(2)9-12(14)4/h8-9,13H,5-7,15H2,1-4H3. The summed E-state index contributed by atoms with van der Waals surface area (Å²) >= 11 is 0. The quantitative estimate of drug-likeness (QED) is 0.795. The van der Waals surface area contributed by atoms with Crippen LogP contribution in [0.15, 0.2) is 12.1 Å². The van der Waals surface area contributed by atoms with Gasteiger partial charge in [-0.15, -0.1) is 0 Å². The molecule has 0 aliphatic heterocycles. The topological polar surface area (TPSA) is 26.0 Å². The molecular formula is C14H23N. The van der Waals surface area contributed by atoms with Crippen LogP contribution in [0.1, 0.15) is 54.5 Å². The molecule has 0 fully saturated rings. The van der Waals surface area contributed by atoms with Crippen molar-refractivity contribution in [2.45, 2.75) is 53.0 Å². The van der Waals surface area contributed by atoms with E-state index in [2.05, 4.69) is 39.8 Å². The molecule has 0 saturated carbocycles. The summed E-state index contributed by atoms with van der Waals surface area (Å²) in [7, 11) is 0. The van der Waals surface area contributed by atoms with Gasteiger partial charge in [0.2, 0.25) is 0 Å². The van der Waals surface area contributed by atoms with Gasteiger partial charge in [0.15, 0.2) is 0 Å². The van der Waals surface area contributed by atoms with Gasteiger partial charge in [-0.3, -0.25) is 0 Å². The van der Waals surface area contributed by atoms with E-state index >= 15 is 0 Å². The van der Waals surface area contributed by atoms with E-state index in [1.54, 1.807) is 0 Å². The van der Waals surface area contributed by atoms with Crippen molar-refractivity contribution in [3.63, 3.8) is 0 Å². The molecule has 0 aliphatic carbocycles. The van der Waals surface area contributed by atoms with Crippen LogP contribution in [-0.4, -0.2) is 0 Å². The molecular weight excluding hydrogens is 182 g/mol. The van der Waals surface area contributed by atoms with E-state index in [9.17, 15) is 0 Å². The molecule has 0 radical (unpaired) electrons. The highest BCUT2D eigenvalue weighted by Crippen LogP contribution is 2.25. The summed E-state index contributed by atoms with van der Waals surface area (Å²) in [6.07, 6.45) is 3.53. The van der Waals surface area contributed by atoms with Crippen molar-refractivity contribution in [2.75, 3.05) is 0 Å². The number of unbranched alkanes of at least 4 members (excludes halogenated alkanes) is 1. The number of hydrogen-bond acceptors (Lipinski definition) is 1. The molecule has 1 atom stereocenters. The molecule has 1 nitrogen and oxygen atoms in total. The predicted octanol–water partition coefficient (Wildman–Crippen LogP) is 3.80. The number of hydrogen-bond donors (Lipinski definition) is 1. The zero-order valence-electron chi connectivity index (χ0n) is 10.4. The first-order valence-corrected chi connectivity index (χ1v) is 5.89. The van der Waals surface area contributed by atoms with E-state index in [0.717, 1.165) is 6.42 Å². The van der Waals surface area contributed by atoms with E-state index < -0.39 is 0 Å². The highest BCUT2D eigenvalue weighted by Gasteiger charge is 2.11. The lowest BCUT2D eigenvalue weighted by molar-refractivity contribution is 0.598. The van der Waals surface area contributed by atoms with Crippen LogP contribution in [0.25, 0.3) is 0 Å². The number of rotatable bonds is 4. The lowest BCUT2D eigenvalue weighted by Gasteiger charge is -2.18. The normalized spacial score (nSPS) is 12.9. The summed E-state index contributed by atoms with van der Waals surface area (Å²) in [6.45, 7) is 8.69. The molecule has 1 rings (SSSR count). The Hall–Kier alpha value is -0.820. The third kappa shape index (κ3) is 3.07. The van der Waals surface area contributed by atoms with Crippen LogP contribution >= 0.6 is 0 Å². The summed E-state index contributed by atoms with van der Waals surface area (Å²) in [5.41, 5.74) is 11.6. The Balaban J connectivity index is 2.92. The Kier molecular flexibility index (Phi) is 4.34. The minimum Gasteiger partial charge on any atom is -0.324 e. The van der Waals surface area contributed by atoms with Crippen LogP contribution in [0.3, 0.4) is 0 Å². The molecule has 0 spiro atoms. The van der Waals surface area contributed by atoms with Gasteiger partial charge in [0.25, 0.3) is 0 Å². The molecule has 0 aromatic heterocycles. The maximum atomic E-state index is 6.23. The maximum absolute atomic E-state index is 6.23. The van der Waals surface area contributed by atoms with Crippen LogP contribution in [0.4, 0.5) is 0 Å². The molecule has 1 unspecified atom stereocenters. The SMILES string of the molecule is CCCCC(N)c1c(C)cc(C)cc1C. The fourth-order valence-electron chi connectivity index (χ4n) is 2.34. The molecule has 0 heterocycles. The van der Waals surface area contributed by atoms with Gasteiger partial charge >= 0.3 is 0 Å². The first-order valence-electron chi connectivity index (χ1n) is 5.89. The van der Waals surface area contributed by atoms with Crippen LogP contribution < -0.4 is 5.73 Å². The molecule has 0 aliphatic rings. The molecule has 0 bridgehead atoms. The summed E-state index contributed by atoms with van der Waals surface area (Å²) in [5.74, 6) is 0. The van der Waals surface area contributed by atoms with E-state index in [-0.39, 0.29) is 6.04 Å². The highest BCUT2D eigenvalue weighted by atomic mass is 14.6. The van der Waals surface area contributed by atoms with Gasteiger partial charge in [-0.2, -0.15) is 0 Å². The minimum atomic E-state index is 0.213. The van der Waals surface area contributed by atoms with E-state index in [4.69, 9.17) is 5.73 Å². The number of benzene rings is 1. The number of nitrogens with two attached hydrogens (primary N) is 1. The van der Waals surface area contributed by atoms with E-state index in [1.807, 2.05) is 0 Å². The molecule has 84 valence electrons. The summed E-state index contributed by atoms with van der Waals surface area (Å²) in [5, 5.41) is 0. The molecule has 2 N–H and O–H groups in total. The van der Waals surface area contributed by atoms with E-state index in [0.29, 0.717) is 0 Å². The zero-order chi connectivity index (χ0) is 11.4. The Morgan fingerprint density at radius 1 is 1.13 bits per heavy atom. The van der Waals surface area contributed by atoms with E-state index in [1.165, 1.54) is 35.1 Å². The third-order valence-electron chi connectivity index (χ3n) is 2.98. The van der Waals surface area contributed by atoms with Crippen LogP contribution in [0.5, 0.6) is 0 Å². The first-order chi connectivity index (χ1) is 7.06. The van der Waals surface area contributed by atoms with Gasteiger partial charge in [-0.1, -0.05) is 37.5 Å². The molecule has 1 heteroatoms. The smallest absolute Gasteiger partial charge is 0.0300 e. The van der Waals surface area contributed by atoms with Crippen LogP contribution in [-0.2, 0) is 0 Å². The Morgan fingerprint density at radius 2 is 1.67 bits per heavy atom. The average molecular weight is 205 g/mol. The summed E-state index contributed by atoms with van der Waals surface area (Å²) in [6, 6.07) is 4.67. The zero-order valence-corrected chi connectivity index (χ0v) is 10.4. The van der Waals surface area contributed by atoms with Crippen molar-refractivity contribution in [3.8, 4) is 0 Å². The van der Waals surface area contributed by atoms with Crippen molar-refractivity contribution in [2.24, 2.45) is 5.73 Å². The highest BCUT2D eigenvalue weighted by molar-refractivity contribution is 5.39. The van der Waals surface area contributed by atoms with Gasteiger partial charge in [0, 0.05) is 6.04 Å². The lowest BCUT2D eigenvalue weighted by Crippen LogP contribution is -2.13. The average Bonchev–Trinajstić information content (AvgIpc) is 2.12. The molecule has 1 aromatic carbocycles. The fraction of sp³-hybridized carbons (Fsp3) is 0.571. The van der Waals surface area contributed by atoms with Gasteiger partial charge in [-0.05, 0) is 43.9 Å². The van der Waals surface area contributed by atoms with Crippen molar-refractivity contribution in [3.05, 3.63) is 34.4 Å². The Labute approximate surface area is 93.7 Å². The number of aryl methyl sites for hydroxylation is 3. The third-order valence-corrected chi connectivity index (χ3v) is 2.98. The second-order valence-electron chi connectivity index (χ2n) is 4.56. The van der Waals surface area contributed by atoms with Crippen LogP contribution in [0, 0.1) is 20.8 Å². The molecule has 0 amide bonds. The fourth-order valence-corrected chi connectivity index (χ4v) is 2.34. The van der Waals surface area contributed by atoms with Gasteiger partial charge in [0.1, 0.15) is 0 Å². The van der Waals surface area contributed by atoms with Gasteiger partial charge in [0.05, 0.1) is 0 Å². The second-order valence-corrected chi connectivity index (χ2v) is 4.56. The molecule has 15 heavy (non-hydrogen) atoms. The van der Waals surface area contributed by atoms with Crippen molar-refractivity contribution >= 4 is 0 Å². The van der Waals surface area contributed by atoms with Gasteiger partial charge in [-0.25, -0.2) is 0 Å². The monoisotopic (exact) mass is 205 g/mol. The second kappa shape index (κ2) is 5.32. The maximum Gasteiger partial charge on any atom is 0.0300 e. The Morgan fingerprint density at radius 3 is 2.13 bits per heavy atom. The molecule has 1 aromatic rings. The van der Waals surface area contributed by atoms with Crippen molar-refractivity contribution in [1.29, 1.82) is 0 Å². The molecule has 0 saturated heterocycles. The van der Waals surface area contributed by atoms with Gasteiger partial charge < -0.3 is 5.73 Å².